The molecular formula is C46H92NO9P. The Bertz CT molecular complexity index is 924. The maximum absolute atomic E-state index is 12.6. The monoisotopic (exact) mass is 834 g/mol. The molecule has 0 aliphatic rings. The molecule has 0 aliphatic heterocycles. The van der Waals surface area contributed by atoms with Gasteiger partial charge >= 0.3 is 19.8 Å². The highest BCUT2D eigenvalue weighted by molar-refractivity contribution is 7.47. The second-order valence-electron chi connectivity index (χ2n) is 16.6. The van der Waals surface area contributed by atoms with Crippen molar-refractivity contribution in [2.75, 3.05) is 26.4 Å². The maximum atomic E-state index is 12.6. The van der Waals surface area contributed by atoms with Gasteiger partial charge in [0.25, 0.3) is 0 Å². The third-order valence-corrected chi connectivity index (χ3v) is 11.8. The van der Waals surface area contributed by atoms with Gasteiger partial charge in [-0.25, -0.2) is 4.57 Å². The van der Waals surface area contributed by atoms with E-state index >= 15 is 0 Å². The average Bonchev–Trinajstić information content (AvgIpc) is 3.19. The van der Waals surface area contributed by atoms with Crippen molar-refractivity contribution in [1.82, 2.24) is 0 Å². The van der Waals surface area contributed by atoms with E-state index in [9.17, 15) is 19.0 Å². The molecule has 4 N–H and O–H groups in total. The van der Waals surface area contributed by atoms with E-state index in [0.29, 0.717) is 6.61 Å². The predicted molar refractivity (Wildman–Crippen MR) is 236 cm³/mol. The van der Waals surface area contributed by atoms with E-state index in [2.05, 4.69) is 13.8 Å². The summed E-state index contributed by atoms with van der Waals surface area (Å²) in [5.74, 6) is -1.77. The lowest BCUT2D eigenvalue weighted by Crippen LogP contribution is -2.34. The highest BCUT2D eigenvalue weighted by Crippen LogP contribution is 2.43. The highest BCUT2D eigenvalue weighted by Gasteiger charge is 2.27. The van der Waals surface area contributed by atoms with Crippen molar-refractivity contribution < 1.29 is 42.7 Å². The molecule has 10 nitrogen and oxygen atoms in total. The van der Waals surface area contributed by atoms with Crippen molar-refractivity contribution >= 4 is 19.8 Å². The van der Waals surface area contributed by atoms with Crippen LogP contribution in [0.1, 0.15) is 245 Å². The minimum absolute atomic E-state index is 0.0258. The molecule has 0 aliphatic carbocycles. The summed E-state index contributed by atoms with van der Waals surface area (Å²) in [4.78, 5) is 33.5. The minimum Gasteiger partial charge on any atom is -0.480 e. The molecule has 0 radical (unpaired) electrons. The second kappa shape index (κ2) is 43.1. The van der Waals surface area contributed by atoms with Crippen LogP contribution < -0.4 is 5.73 Å². The van der Waals surface area contributed by atoms with Crippen LogP contribution in [0.4, 0.5) is 0 Å². The standard InChI is InChI=1S/C46H92NO9P/c1-3-5-7-9-11-13-15-16-17-18-19-20-21-22-23-24-25-26-27-29-31-33-35-37-39-53-40-43(41-54-57(51,52)55-42-44(47)46(49)50)56-45(48)38-36-34-32-30-28-14-12-10-8-6-4-2/h43-44H,3-42,47H2,1-2H3,(H,49,50)(H,51,52). The van der Waals surface area contributed by atoms with Crippen molar-refractivity contribution in [3.8, 4) is 0 Å². The van der Waals surface area contributed by atoms with Gasteiger partial charge < -0.3 is 25.2 Å². The summed E-state index contributed by atoms with van der Waals surface area (Å²) in [5.41, 5.74) is 5.36. The van der Waals surface area contributed by atoms with Crippen molar-refractivity contribution in [2.24, 2.45) is 5.73 Å². The van der Waals surface area contributed by atoms with E-state index in [-0.39, 0.29) is 13.0 Å². The van der Waals surface area contributed by atoms with E-state index in [1.165, 1.54) is 186 Å². The molecule has 0 bridgehead atoms. The SMILES string of the molecule is CCCCCCCCCCCCCCCCCCCCCCCCCCOCC(COP(=O)(O)OCC(N)C(=O)O)OC(=O)CCCCCCCCCCCCC. The lowest BCUT2D eigenvalue weighted by atomic mass is 10.0. The maximum Gasteiger partial charge on any atom is 0.472 e. The van der Waals surface area contributed by atoms with Crippen LogP contribution in [-0.2, 0) is 32.7 Å². The molecule has 3 unspecified atom stereocenters. The van der Waals surface area contributed by atoms with Crippen LogP contribution in [0, 0.1) is 0 Å². The van der Waals surface area contributed by atoms with Gasteiger partial charge in [0.1, 0.15) is 12.1 Å². The Morgan fingerprint density at radius 1 is 0.491 bits per heavy atom. The molecule has 0 saturated heterocycles. The van der Waals surface area contributed by atoms with E-state index in [4.69, 9.17) is 29.4 Å². The third kappa shape index (κ3) is 42.9. The summed E-state index contributed by atoms with van der Waals surface area (Å²) in [6, 6.07) is -1.47. The molecule has 0 amide bonds. The third-order valence-electron chi connectivity index (χ3n) is 10.9. The lowest BCUT2D eigenvalue weighted by molar-refractivity contribution is -0.154. The first-order chi connectivity index (χ1) is 27.7. The number of hydrogen-bond donors (Lipinski definition) is 3. The zero-order valence-corrected chi connectivity index (χ0v) is 38.1. The lowest BCUT2D eigenvalue weighted by Gasteiger charge is -2.20. The quantitative estimate of drug-likeness (QED) is 0.0306. The summed E-state index contributed by atoms with van der Waals surface area (Å²) in [5, 5.41) is 8.90. The Kier molecular flexibility index (Phi) is 42.3. The summed E-state index contributed by atoms with van der Waals surface area (Å²) in [6.45, 7) is 3.93. The molecule has 3 atom stereocenters. The number of rotatable bonds is 47. The fourth-order valence-electron chi connectivity index (χ4n) is 7.14. The Morgan fingerprint density at radius 3 is 1.16 bits per heavy atom. The first kappa shape index (κ1) is 56.0. The number of carboxylic acid groups (broad SMARTS) is 1. The summed E-state index contributed by atoms with van der Waals surface area (Å²) in [6.07, 6.45) is 44.6. The van der Waals surface area contributed by atoms with Crippen LogP contribution >= 0.6 is 7.82 Å². The molecule has 0 rings (SSSR count). The number of ether oxygens (including phenoxy) is 2. The number of hydrogen-bond acceptors (Lipinski definition) is 8. The van der Waals surface area contributed by atoms with Gasteiger partial charge in [0.05, 0.1) is 19.8 Å². The van der Waals surface area contributed by atoms with Crippen molar-refractivity contribution in [3.63, 3.8) is 0 Å². The molecule has 0 aromatic carbocycles. The number of phosphoric ester groups is 1. The van der Waals surface area contributed by atoms with Gasteiger partial charge in [-0.2, -0.15) is 0 Å². The van der Waals surface area contributed by atoms with E-state index in [0.717, 1.165) is 38.5 Å². The zero-order chi connectivity index (χ0) is 41.9. The Labute approximate surface area is 350 Å². The molecule has 0 spiro atoms. The summed E-state index contributed by atoms with van der Waals surface area (Å²) < 4.78 is 33.4. The smallest absolute Gasteiger partial charge is 0.472 e. The number of phosphoric acid groups is 1. The van der Waals surface area contributed by atoms with Crippen LogP contribution in [0.5, 0.6) is 0 Å². The largest absolute Gasteiger partial charge is 0.480 e. The van der Waals surface area contributed by atoms with Gasteiger partial charge in [0, 0.05) is 13.0 Å². The normalized spacial score (nSPS) is 13.8. The van der Waals surface area contributed by atoms with Crippen LogP contribution in [0.2, 0.25) is 0 Å². The van der Waals surface area contributed by atoms with E-state index < -0.39 is 45.1 Å². The van der Waals surface area contributed by atoms with Gasteiger partial charge in [-0.15, -0.1) is 0 Å². The molecule has 11 heteroatoms. The molecule has 340 valence electrons. The molecular weight excluding hydrogens is 741 g/mol. The Morgan fingerprint density at radius 2 is 0.807 bits per heavy atom. The molecule has 0 fully saturated rings. The summed E-state index contributed by atoms with van der Waals surface area (Å²) in [7, 11) is -4.61. The van der Waals surface area contributed by atoms with Gasteiger partial charge in [-0.05, 0) is 12.8 Å². The molecule has 0 saturated carbocycles. The van der Waals surface area contributed by atoms with Gasteiger partial charge in [-0.3, -0.25) is 18.6 Å². The number of carbonyl (C=O) groups is 2. The number of esters is 1. The minimum atomic E-state index is -4.61. The van der Waals surface area contributed by atoms with Crippen LogP contribution in [0.25, 0.3) is 0 Å². The molecule has 0 aromatic heterocycles. The Hall–Kier alpha value is -1.03. The molecule has 0 aromatic rings. The van der Waals surface area contributed by atoms with Crippen LogP contribution in [0.3, 0.4) is 0 Å². The number of nitrogens with two attached hydrogens (primary N) is 1. The van der Waals surface area contributed by atoms with E-state index in [1.807, 2.05) is 0 Å². The van der Waals surface area contributed by atoms with Crippen molar-refractivity contribution in [1.29, 1.82) is 0 Å². The Balaban J connectivity index is 4.00. The fraction of sp³-hybridized carbons (Fsp3) is 0.957. The number of carboxylic acids is 1. The number of aliphatic carboxylic acids is 1. The van der Waals surface area contributed by atoms with Gasteiger partial charge in [-0.1, -0.05) is 226 Å². The van der Waals surface area contributed by atoms with E-state index in [1.54, 1.807) is 0 Å². The second-order valence-corrected chi connectivity index (χ2v) is 18.1. The zero-order valence-electron chi connectivity index (χ0n) is 37.2. The van der Waals surface area contributed by atoms with Crippen LogP contribution in [-0.4, -0.2) is 60.5 Å². The van der Waals surface area contributed by atoms with Crippen molar-refractivity contribution in [3.05, 3.63) is 0 Å². The fourth-order valence-corrected chi connectivity index (χ4v) is 7.91. The summed E-state index contributed by atoms with van der Waals surface area (Å²) >= 11 is 0. The highest BCUT2D eigenvalue weighted by atomic mass is 31.2. The van der Waals surface area contributed by atoms with Gasteiger partial charge in [0.2, 0.25) is 0 Å². The number of carbonyl (C=O) groups excluding carboxylic acids is 1. The topological polar surface area (TPSA) is 155 Å². The van der Waals surface area contributed by atoms with Crippen molar-refractivity contribution in [2.45, 2.75) is 257 Å². The first-order valence-corrected chi connectivity index (χ1v) is 25.6. The van der Waals surface area contributed by atoms with Crippen LogP contribution in [0.15, 0.2) is 0 Å². The predicted octanol–water partition coefficient (Wildman–Crippen LogP) is 13.5. The first-order valence-electron chi connectivity index (χ1n) is 24.1. The molecule has 0 heterocycles. The average molecular weight is 834 g/mol. The number of unbranched alkanes of at least 4 members (excludes halogenated alkanes) is 33. The van der Waals surface area contributed by atoms with Gasteiger partial charge in [0.15, 0.2) is 0 Å². The molecule has 57 heavy (non-hydrogen) atoms.